The highest BCUT2D eigenvalue weighted by Gasteiger charge is 2.17. The number of H-pyrrole nitrogens is 1. The highest BCUT2D eigenvalue weighted by Crippen LogP contribution is 2.35. The number of ether oxygens (including phenoxy) is 1. The molecule has 4 heterocycles. The summed E-state index contributed by atoms with van der Waals surface area (Å²) in [7, 11) is 1.43. The number of fused-ring (bicyclic) bond motifs is 2. The van der Waals surface area contributed by atoms with Crippen molar-refractivity contribution >= 4 is 28.3 Å². The normalized spacial score (nSPS) is 11.2. The number of carbonyl (C=O) groups is 1. The number of methoxy groups -OCH3 is 1. The van der Waals surface area contributed by atoms with E-state index in [-0.39, 0.29) is 12.1 Å². The number of rotatable bonds is 6. The van der Waals surface area contributed by atoms with Gasteiger partial charge in [0.15, 0.2) is 11.5 Å². The molecular formula is C27H21FN8O2. The van der Waals surface area contributed by atoms with Crippen LogP contribution in [0.2, 0.25) is 0 Å². The zero-order valence-corrected chi connectivity index (χ0v) is 20.1. The molecule has 10 nitrogen and oxygen atoms in total. The smallest absolute Gasteiger partial charge is 0.255 e. The number of pyridine rings is 1. The van der Waals surface area contributed by atoms with E-state index in [0.29, 0.717) is 22.6 Å². The van der Waals surface area contributed by atoms with Crippen molar-refractivity contribution in [3.63, 3.8) is 0 Å². The molecule has 0 spiro atoms. The van der Waals surface area contributed by atoms with Gasteiger partial charge < -0.3 is 15.8 Å². The summed E-state index contributed by atoms with van der Waals surface area (Å²) in [6, 6.07) is 13.2. The van der Waals surface area contributed by atoms with E-state index in [1.807, 2.05) is 36.5 Å². The summed E-state index contributed by atoms with van der Waals surface area (Å²) in [5, 5.41) is 15.0. The van der Waals surface area contributed by atoms with E-state index in [4.69, 9.17) is 15.5 Å². The summed E-state index contributed by atoms with van der Waals surface area (Å²) < 4.78 is 20.5. The lowest BCUT2D eigenvalue weighted by atomic mass is 10.0. The molecule has 1 amide bonds. The van der Waals surface area contributed by atoms with E-state index >= 15 is 0 Å². The molecule has 0 radical (unpaired) electrons. The topological polar surface area (TPSA) is 136 Å². The molecule has 4 N–H and O–H groups in total. The van der Waals surface area contributed by atoms with Crippen LogP contribution in [0.5, 0.6) is 5.75 Å². The largest absolute Gasteiger partial charge is 0.496 e. The number of nitrogens with one attached hydrogen (secondary N) is 2. The maximum atomic E-state index is 13.6. The first kappa shape index (κ1) is 23.1. The number of carbonyl (C=O) groups excluding carboxylic acids is 1. The minimum atomic E-state index is -0.512. The predicted molar refractivity (Wildman–Crippen MR) is 140 cm³/mol. The van der Waals surface area contributed by atoms with E-state index < -0.39 is 11.7 Å². The van der Waals surface area contributed by atoms with E-state index in [1.54, 1.807) is 23.1 Å². The van der Waals surface area contributed by atoms with Crippen LogP contribution in [-0.2, 0) is 6.54 Å². The van der Waals surface area contributed by atoms with Crippen LogP contribution in [0.1, 0.15) is 15.9 Å². The lowest BCUT2D eigenvalue weighted by Gasteiger charge is -2.11. The number of nitrogen functional groups attached to an aromatic ring is 1. The molecule has 6 rings (SSSR count). The number of benzene rings is 2. The molecule has 6 aromatic rings. The van der Waals surface area contributed by atoms with Crippen LogP contribution in [0.15, 0.2) is 73.3 Å². The fourth-order valence-electron chi connectivity index (χ4n) is 4.35. The number of aromatic amines is 1. The van der Waals surface area contributed by atoms with Gasteiger partial charge in [0, 0.05) is 47.9 Å². The highest BCUT2D eigenvalue weighted by molar-refractivity contribution is 6.06. The molecule has 2 aromatic carbocycles. The number of nitrogens with zero attached hydrogens (tertiary/aromatic N) is 5. The summed E-state index contributed by atoms with van der Waals surface area (Å²) in [6.07, 6.45) is 7.07. The minimum Gasteiger partial charge on any atom is -0.496 e. The van der Waals surface area contributed by atoms with Crippen molar-refractivity contribution < 1.29 is 13.9 Å². The Kier molecular flexibility index (Phi) is 5.64. The van der Waals surface area contributed by atoms with E-state index in [0.717, 1.165) is 39.5 Å². The summed E-state index contributed by atoms with van der Waals surface area (Å²) in [6.45, 7) is 0.247. The van der Waals surface area contributed by atoms with E-state index in [2.05, 4.69) is 25.6 Å². The standard InChI is InChI=1S/C27H21FN8O2/c1-38-21-7-6-18(28)10-19(21)27(37)32-11-15-2-4-16(5-3-15)24-23-25(34-35-26(23)29)20(13-31-24)17-12-30-22-8-9-33-36(22)14-17/h2-10,12-14H,11H2,1H3,(H,32,37)(H3,29,34,35). The van der Waals surface area contributed by atoms with Crippen molar-refractivity contribution in [2.24, 2.45) is 0 Å². The Morgan fingerprint density at radius 3 is 2.76 bits per heavy atom. The fraction of sp³-hybridized carbons (Fsp3) is 0.0741. The molecule has 188 valence electrons. The molecule has 0 bridgehead atoms. The first-order chi connectivity index (χ1) is 18.5. The van der Waals surface area contributed by atoms with Crippen molar-refractivity contribution in [3.05, 3.63) is 90.3 Å². The number of amides is 1. The van der Waals surface area contributed by atoms with Crippen LogP contribution in [-0.4, -0.2) is 42.8 Å². The van der Waals surface area contributed by atoms with Gasteiger partial charge in [-0.05, 0) is 23.8 Å². The van der Waals surface area contributed by atoms with Crippen molar-refractivity contribution in [3.8, 4) is 28.1 Å². The van der Waals surface area contributed by atoms with Crippen molar-refractivity contribution in [2.75, 3.05) is 12.8 Å². The molecule has 4 aromatic heterocycles. The summed E-state index contributed by atoms with van der Waals surface area (Å²) in [5.74, 6) is -0.311. The summed E-state index contributed by atoms with van der Waals surface area (Å²) >= 11 is 0. The maximum absolute atomic E-state index is 13.6. The molecule has 0 atom stereocenters. The second kappa shape index (κ2) is 9.28. The van der Waals surface area contributed by atoms with Gasteiger partial charge in [-0.2, -0.15) is 10.2 Å². The van der Waals surface area contributed by atoms with E-state index in [1.165, 1.54) is 19.2 Å². The molecule has 0 saturated heterocycles. The Morgan fingerprint density at radius 2 is 1.95 bits per heavy atom. The van der Waals surface area contributed by atoms with Gasteiger partial charge in [0.25, 0.3) is 5.91 Å². The number of hydrogen-bond acceptors (Lipinski definition) is 7. The highest BCUT2D eigenvalue weighted by atomic mass is 19.1. The molecular weight excluding hydrogens is 487 g/mol. The fourth-order valence-corrected chi connectivity index (χ4v) is 4.35. The molecule has 0 fully saturated rings. The van der Waals surface area contributed by atoms with Crippen molar-refractivity contribution in [1.29, 1.82) is 0 Å². The number of halogens is 1. The molecule has 38 heavy (non-hydrogen) atoms. The summed E-state index contributed by atoms with van der Waals surface area (Å²) in [4.78, 5) is 21.7. The summed E-state index contributed by atoms with van der Waals surface area (Å²) in [5.41, 5.74) is 11.8. The van der Waals surface area contributed by atoms with Gasteiger partial charge in [-0.25, -0.2) is 13.9 Å². The Hall–Kier alpha value is -5.32. The van der Waals surface area contributed by atoms with Crippen molar-refractivity contribution in [2.45, 2.75) is 6.54 Å². The van der Waals surface area contributed by atoms with Crippen LogP contribution in [0.25, 0.3) is 38.9 Å². The first-order valence-electron chi connectivity index (χ1n) is 11.6. The molecule has 11 heteroatoms. The molecule has 0 aliphatic carbocycles. The van der Waals surface area contributed by atoms with Crippen LogP contribution >= 0.6 is 0 Å². The van der Waals surface area contributed by atoms with Gasteiger partial charge in [0.2, 0.25) is 0 Å². The zero-order chi connectivity index (χ0) is 26.2. The van der Waals surface area contributed by atoms with Crippen LogP contribution < -0.4 is 15.8 Å². The third-order valence-electron chi connectivity index (χ3n) is 6.27. The monoisotopic (exact) mass is 508 g/mol. The predicted octanol–water partition coefficient (Wildman–Crippen LogP) is 3.99. The van der Waals surface area contributed by atoms with Gasteiger partial charge in [-0.1, -0.05) is 24.3 Å². The van der Waals surface area contributed by atoms with Crippen LogP contribution in [0.4, 0.5) is 10.2 Å². The second-order valence-electron chi connectivity index (χ2n) is 8.58. The van der Waals surface area contributed by atoms with Gasteiger partial charge >= 0.3 is 0 Å². The number of anilines is 1. The number of hydrogen-bond donors (Lipinski definition) is 3. The van der Waals surface area contributed by atoms with Gasteiger partial charge in [-0.15, -0.1) is 0 Å². The maximum Gasteiger partial charge on any atom is 0.255 e. The lowest BCUT2D eigenvalue weighted by Crippen LogP contribution is -2.23. The van der Waals surface area contributed by atoms with Crippen LogP contribution in [0.3, 0.4) is 0 Å². The third kappa shape index (κ3) is 4.05. The van der Waals surface area contributed by atoms with E-state index in [9.17, 15) is 9.18 Å². The molecule has 0 unspecified atom stereocenters. The second-order valence-corrected chi connectivity index (χ2v) is 8.58. The Morgan fingerprint density at radius 1 is 1.11 bits per heavy atom. The molecule has 0 aliphatic rings. The minimum absolute atomic E-state index is 0.133. The molecule has 0 saturated carbocycles. The average Bonchev–Trinajstić information content (AvgIpc) is 3.58. The first-order valence-corrected chi connectivity index (χ1v) is 11.6. The van der Waals surface area contributed by atoms with Gasteiger partial charge in [-0.3, -0.25) is 14.9 Å². The van der Waals surface area contributed by atoms with Crippen LogP contribution in [0, 0.1) is 5.82 Å². The average molecular weight is 509 g/mol. The number of nitrogens with two attached hydrogens (primary N) is 1. The Balaban J connectivity index is 1.26. The van der Waals surface area contributed by atoms with Gasteiger partial charge in [0.05, 0.1) is 35.5 Å². The Labute approximate surface area is 215 Å². The lowest BCUT2D eigenvalue weighted by molar-refractivity contribution is 0.0947. The van der Waals surface area contributed by atoms with Crippen molar-refractivity contribution in [1.82, 2.24) is 35.1 Å². The number of aromatic nitrogens is 6. The third-order valence-corrected chi connectivity index (χ3v) is 6.27. The zero-order valence-electron chi connectivity index (χ0n) is 20.1. The quantitative estimate of drug-likeness (QED) is 0.309. The SMILES string of the molecule is COc1ccc(F)cc1C(=O)NCc1ccc(-c2ncc(-c3cnc4ccnn4c3)c3[nH]nc(N)c23)cc1. The Bertz CT molecular complexity index is 1810. The van der Waals surface area contributed by atoms with Gasteiger partial charge in [0.1, 0.15) is 11.6 Å². The molecule has 0 aliphatic heterocycles.